The quantitative estimate of drug-likeness (QED) is 0.485. The van der Waals surface area contributed by atoms with E-state index in [1.807, 2.05) is 0 Å². The van der Waals surface area contributed by atoms with Crippen molar-refractivity contribution in [2.45, 2.75) is 33.2 Å². The summed E-state index contributed by atoms with van der Waals surface area (Å²) in [6.45, 7) is 7.05. The van der Waals surface area contributed by atoms with E-state index >= 15 is 0 Å². The minimum Gasteiger partial charge on any atom is -1.00 e. The third-order valence-corrected chi connectivity index (χ3v) is 8.87. The molecule has 0 bridgehead atoms. The average molecular weight is 332 g/mol. The van der Waals surface area contributed by atoms with E-state index in [-0.39, 0.29) is 41.3 Å². The van der Waals surface area contributed by atoms with E-state index in [0.717, 1.165) is 0 Å². The first-order chi connectivity index (χ1) is 3.35. The maximum atomic E-state index is 2.35. The van der Waals surface area contributed by atoms with Crippen molar-refractivity contribution in [3.05, 3.63) is 0 Å². The van der Waals surface area contributed by atoms with E-state index in [0.29, 0.717) is 0 Å². The van der Waals surface area contributed by atoms with Gasteiger partial charge in [-0.05, 0) is 0 Å². The Labute approximate surface area is 95.0 Å². The van der Waals surface area contributed by atoms with Crippen molar-refractivity contribution >= 4 is 17.4 Å². The predicted molar refractivity (Wildman–Crippen MR) is 37.2 cm³/mol. The second-order valence-electron chi connectivity index (χ2n) is 1.81. The van der Waals surface area contributed by atoms with Gasteiger partial charge in [0.2, 0.25) is 0 Å². The van der Waals surface area contributed by atoms with E-state index in [1.54, 1.807) is 12.4 Å². The molecule has 0 heterocycles. The second-order valence-corrected chi connectivity index (χ2v) is 10.7. The van der Waals surface area contributed by atoms with Crippen molar-refractivity contribution in [2.24, 2.45) is 0 Å². The van der Waals surface area contributed by atoms with Gasteiger partial charge in [-0.15, -0.1) is 0 Å². The molecule has 0 saturated carbocycles. The van der Waals surface area contributed by atoms with Crippen LogP contribution in [0.1, 0.15) is 20.8 Å². The topological polar surface area (TPSA) is 0 Å². The van der Waals surface area contributed by atoms with Gasteiger partial charge in [0.15, 0.2) is 0 Å². The molecule has 0 atom stereocenters. The van der Waals surface area contributed by atoms with E-state index in [9.17, 15) is 0 Å². The fourth-order valence-corrected chi connectivity index (χ4v) is 4.44. The summed E-state index contributed by atoms with van der Waals surface area (Å²) in [6, 6.07) is 0. The van der Waals surface area contributed by atoms with Crippen LogP contribution in [0.4, 0.5) is 0 Å². The van der Waals surface area contributed by atoms with Gasteiger partial charge in [-0.3, -0.25) is 0 Å². The summed E-state index contributed by atoms with van der Waals surface area (Å²) in [5, 5.41) is 0. The number of hydrogen-bond donors (Lipinski definition) is 0. The molecule has 0 N–H and O–H groups in total. The number of halogens is 1. The van der Waals surface area contributed by atoms with E-state index in [4.69, 9.17) is 0 Å². The molecular weight excluding hydrogens is 317 g/mol. The summed E-state index contributed by atoms with van der Waals surface area (Å²) in [5.41, 5.74) is 0. The van der Waals surface area contributed by atoms with Crippen molar-refractivity contribution in [3.63, 3.8) is 0 Å². The number of rotatable bonds is 3. The van der Waals surface area contributed by atoms with Crippen LogP contribution in [0.5, 0.6) is 0 Å². The average Bonchev–Trinajstić information content (AvgIpc) is 1.72. The van der Waals surface area contributed by atoms with E-state index < -0.39 is 21.8 Å². The molecule has 53 valence electrons. The van der Waals surface area contributed by atoms with Crippen LogP contribution < -0.4 is 24.0 Å². The summed E-state index contributed by atoms with van der Waals surface area (Å²) in [5.74, 6) is 0. The van der Waals surface area contributed by atoms with Gasteiger partial charge < -0.3 is 24.0 Å². The van der Waals surface area contributed by atoms with Crippen LogP contribution in [0.25, 0.3) is 0 Å². The van der Waals surface area contributed by atoms with Gasteiger partial charge in [0.25, 0.3) is 0 Å². The van der Waals surface area contributed by atoms with Crippen molar-refractivity contribution in [1.29, 1.82) is 0 Å². The Hall–Kier alpha value is 2.15. The molecule has 0 nitrogen and oxygen atoms in total. The first-order valence-electron chi connectivity index (χ1n) is 3.18. The molecule has 0 rings (SSSR count). The number of hydrogen-bond acceptors (Lipinski definition) is 0. The third kappa shape index (κ3) is 10.1. The van der Waals surface area contributed by atoms with Crippen LogP contribution in [0.2, 0.25) is 12.4 Å². The molecule has 0 aliphatic carbocycles. The fraction of sp³-hybridized carbons (Fsp3) is 1.00. The molecule has 0 aliphatic heterocycles. The summed E-state index contributed by atoms with van der Waals surface area (Å²) in [6.07, 6.45) is 0. The van der Waals surface area contributed by atoms with Gasteiger partial charge in [-0.1, -0.05) is 0 Å². The molecular formula is C6H15AlIZr. The van der Waals surface area contributed by atoms with Crippen LogP contribution >= 0.6 is 0 Å². The van der Waals surface area contributed by atoms with E-state index in [2.05, 4.69) is 20.8 Å². The van der Waals surface area contributed by atoms with Crippen LogP contribution in [-0.2, 0) is 21.8 Å². The normalized spacial score (nSPS) is 7.00. The molecule has 0 spiro atoms. The zero-order valence-corrected chi connectivity index (χ0v) is 12.3. The molecule has 0 unspecified atom stereocenters. The molecule has 3 radical (unpaired) electrons. The minimum absolute atomic E-state index is 0. The Morgan fingerprint density at radius 3 is 1.11 bits per heavy atom. The van der Waals surface area contributed by atoms with Crippen molar-refractivity contribution in [2.75, 3.05) is 0 Å². The zero-order valence-electron chi connectivity index (χ0n) is 6.58. The summed E-state index contributed by atoms with van der Waals surface area (Å²) >= 11 is -0.653. The monoisotopic (exact) mass is 331 g/mol. The molecule has 0 aromatic carbocycles. The molecule has 3 heteroatoms. The maximum Gasteiger partial charge on any atom is 0 e. The standard InChI is InChI=1S/3C2H5.Al.HI.Zr/c3*1-2;;;/h3*1H2,2H3;;1H;/q;;;;;+1/p-1. The van der Waals surface area contributed by atoms with Crippen molar-refractivity contribution < 1.29 is 45.7 Å². The molecule has 0 aromatic heterocycles. The van der Waals surface area contributed by atoms with Gasteiger partial charge >= 0.3 is 54.9 Å². The summed E-state index contributed by atoms with van der Waals surface area (Å²) in [4.78, 5) is 0. The first kappa shape index (κ1) is 17.3. The first-order valence-corrected chi connectivity index (χ1v) is 8.40. The van der Waals surface area contributed by atoms with Crippen molar-refractivity contribution in [3.8, 4) is 0 Å². The Morgan fingerprint density at radius 2 is 1.11 bits per heavy atom. The van der Waals surface area contributed by atoms with Gasteiger partial charge in [-0.2, -0.15) is 0 Å². The third-order valence-electron chi connectivity index (χ3n) is 1.50. The zero-order chi connectivity index (χ0) is 5.70. The SMILES string of the molecule is C[CH2][Zr+]([CH2]C)[CH2]C.[Al].[I-]. The Morgan fingerprint density at radius 1 is 0.889 bits per heavy atom. The minimum atomic E-state index is -0.653. The van der Waals surface area contributed by atoms with Crippen LogP contribution in [-0.4, -0.2) is 17.4 Å². The summed E-state index contributed by atoms with van der Waals surface area (Å²) in [7, 11) is 0. The Bertz CT molecular complexity index is 34.5. The molecule has 0 aromatic rings. The van der Waals surface area contributed by atoms with Gasteiger partial charge in [0.05, 0.1) is 0 Å². The fourth-order valence-electron chi connectivity index (χ4n) is 0.750. The van der Waals surface area contributed by atoms with Gasteiger partial charge in [0, 0.05) is 17.4 Å². The Kier molecular flexibility index (Phi) is 24.6. The van der Waals surface area contributed by atoms with Crippen LogP contribution in [0.15, 0.2) is 0 Å². The Balaban J connectivity index is -0.000000180. The van der Waals surface area contributed by atoms with Crippen molar-refractivity contribution in [1.82, 2.24) is 0 Å². The van der Waals surface area contributed by atoms with Gasteiger partial charge in [0.1, 0.15) is 0 Å². The summed E-state index contributed by atoms with van der Waals surface area (Å²) < 4.78 is 4.65. The van der Waals surface area contributed by atoms with E-state index in [1.165, 1.54) is 0 Å². The molecule has 0 fully saturated rings. The molecule has 9 heavy (non-hydrogen) atoms. The predicted octanol–water partition coefficient (Wildman–Crippen LogP) is -0.458. The smallest absolute Gasteiger partial charge is 0 e. The maximum absolute atomic E-state index is 2.35. The van der Waals surface area contributed by atoms with Crippen LogP contribution in [0, 0.1) is 0 Å². The largest absolute Gasteiger partial charge is 1.00 e. The van der Waals surface area contributed by atoms with Gasteiger partial charge in [-0.25, -0.2) is 0 Å². The molecule has 0 amide bonds. The second kappa shape index (κ2) is 12.8. The molecule has 0 saturated heterocycles. The molecule has 0 aliphatic rings. The van der Waals surface area contributed by atoms with Crippen LogP contribution in [0.3, 0.4) is 0 Å².